The van der Waals surface area contributed by atoms with E-state index in [0.29, 0.717) is 0 Å². The van der Waals surface area contributed by atoms with Crippen molar-refractivity contribution in [1.29, 1.82) is 0 Å². The molecule has 0 spiro atoms. The van der Waals surface area contributed by atoms with Gasteiger partial charge in [0.2, 0.25) is 0 Å². The molecule has 11 aromatic rings. The van der Waals surface area contributed by atoms with E-state index in [-0.39, 0.29) is 18.5 Å². The van der Waals surface area contributed by atoms with E-state index in [4.69, 9.17) is 4.42 Å². The van der Waals surface area contributed by atoms with Gasteiger partial charge in [-0.25, -0.2) is 0 Å². The van der Waals surface area contributed by atoms with Gasteiger partial charge in [0.05, 0.1) is 29.5 Å². The first-order chi connectivity index (χ1) is 28.2. The lowest BCUT2D eigenvalue weighted by atomic mass is 10.00. The average molecular weight is 753 g/mol. The molecule has 1 saturated heterocycles. The number of hydrogen-bond acceptors (Lipinski definition) is 5. The van der Waals surface area contributed by atoms with Crippen molar-refractivity contribution < 1.29 is 4.42 Å². The Morgan fingerprint density at radius 2 is 0.947 bits per heavy atom. The highest BCUT2D eigenvalue weighted by Crippen LogP contribution is 2.41. The van der Waals surface area contributed by atoms with Crippen molar-refractivity contribution in [2.75, 3.05) is 0 Å². The number of thiophene rings is 1. The number of nitrogens with zero attached hydrogens (tertiary/aromatic N) is 1. The third kappa shape index (κ3) is 5.41. The Balaban J connectivity index is 0.911. The Kier molecular flexibility index (Phi) is 7.46. The summed E-state index contributed by atoms with van der Waals surface area (Å²) in [5, 5.41) is 18.8. The first-order valence-electron chi connectivity index (χ1n) is 19.5. The zero-order valence-corrected chi connectivity index (χ0v) is 31.6. The standard InChI is InChI=1S/C51H36N4OS/c1-3-11-31(12-4-1)49-52-50(32-13-5-2-6-14-32)54-51(53-49)35-21-25-46-41(28-35)40-27-33(20-24-45(40)56-46)34-19-23-39-42-30-36(22-26-47(42)57-48(39)29-34)55-43-17-9-7-15-37(43)38-16-8-10-18-44(38)55/h1-30,49-54H. The molecule has 2 atom stereocenters. The normalized spacial score (nSPS) is 17.4. The molecule has 5 nitrogen and oxygen atoms in total. The molecule has 272 valence electrons. The van der Waals surface area contributed by atoms with Crippen molar-refractivity contribution in [1.82, 2.24) is 20.5 Å². The van der Waals surface area contributed by atoms with Gasteiger partial charge in [-0.3, -0.25) is 16.0 Å². The van der Waals surface area contributed by atoms with Crippen LogP contribution in [0.2, 0.25) is 0 Å². The highest BCUT2D eigenvalue weighted by molar-refractivity contribution is 7.25. The molecule has 0 radical (unpaired) electrons. The zero-order valence-electron chi connectivity index (χ0n) is 30.8. The molecule has 1 aliphatic rings. The smallest absolute Gasteiger partial charge is 0.135 e. The Morgan fingerprint density at radius 1 is 0.386 bits per heavy atom. The maximum absolute atomic E-state index is 6.42. The zero-order chi connectivity index (χ0) is 37.5. The SMILES string of the molecule is c1ccc(C2NC(c3ccccc3)NC(c3ccc4oc5ccc(-c6ccc7c(c6)sc6ccc(-n8c9ccccc9c9ccccc98)cc67)cc5c4c3)N2)cc1. The summed E-state index contributed by atoms with van der Waals surface area (Å²) in [5.74, 6) is 0. The number of fused-ring (bicyclic) bond motifs is 9. The number of benzene rings is 8. The van der Waals surface area contributed by atoms with Gasteiger partial charge in [0.1, 0.15) is 11.2 Å². The minimum Gasteiger partial charge on any atom is -0.456 e. The van der Waals surface area contributed by atoms with Gasteiger partial charge in [0.15, 0.2) is 0 Å². The molecule has 1 fully saturated rings. The molecule has 4 heterocycles. The van der Waals surface area contributed by atoms with Crippen LogP contribution in [0.4, 0.5) is 0 Å². The first-order valence-corrected chi connectivity index (χ1v) is 20.3. The fraction of sp³-hybridized carbons (Fsp3) is 0.0588. The largest absolute Gasteiger partial charge is 0.456 e. The number of hydrogen-bond donors (Lipinski definition) is 3. The molecule has 3 N–H and O–H groups in total. The lowest BCUT2D eigenvalue weighted by molar-refractivity contribution is 0.203. The number of rotatable bonds is 5. The third-order valence-electron chi connectivity index (χ3n) is 11.7. The topological polar surface area (TPSA) is 54.2 Å². The number of aromatic nitrogens is 1. The minimum atomic E-state index is -0.0926. The van der Waals surface area contributed by atoms with E-state index >= 15 is 0 Å². The second kappa shape index (κ2) is 13.0. The molecule has 2 unspecified atom stereocenters. The van der Waals surface area contributed by atoms with Gasteiger partial charge in [-0.1, -0.05) is 121 Å². The van der Waals surface area contributed by atoms with Crippen LogP contribution < -0.4 is 16.0 Å². The third-order valence-corrected chi connectivity index (χ3v) is 12.9. The van der Waals surface area contributed by atoms with Gasteiger partial charge < -0.3 is 8.98 Å². The van der Waals surface area contributed by atoms with Gasteiger partial charge >= 0.3 is 0 Å². The monoisotopic (exact) mass is 752 g/mol. The molecule has 0 amide bonds. The van der Waals surface area contributed by atoms with E-state index in [2.05, 4.69) is 203 Å². The summed E-state index contributed by atoms with van der Waals surface area (Å²) in [6, 6.07) is 65.6. The van der Waals surface area contributed by atoms with Crippen molar-refractivity contribution in [2.24, 2.45) is 0 Å². The van der Waals surface area contributed by atoms with E-state index in [1.165, 1.54) is 69.9 Å². The van der Waals surface area contributed by atoms with Gasteiger partial charge in [0.25, 0.3) is 0 Å². The van der Waals surface area contributed by atoms with Crippen molar-refractivity contribution in [2.45, 2.75) is 18.5 Å². The number of nitrogens with one attached hydrogen (secondary N) is 3. The first kappa shape index (κ1) is 32.7. The summed E-state index contributed by atoms with van der Waals surface area (Å²) in [4.78, 5) is 0. The lowest BCUT2D eigenvalue weighted by Gasteiger charge is -2.39. The van der Waals surface area contributed by atoms with Crippen LogP contribution in [-0.4, -0.2) is 4.57 Å². The van der Waals surface area contributed by atoms with Crippen LogP contribution in [0, 0.1) is 0 Å². The lowest BCUT2D eigenvalue weighted by Crippen LogP contribution is -2.54. The molecule has 57 heavy (non-hydrogen) atoms. The van der Waals surface area contributed by atoms with Crippen LogP contribution in [0.3, 0.4) is 0 Å². The molecular formula is C51H36N4OS. The molecule has 1 aliphatic heterocycles. The van der Waals surface area contributed by atoms with Crippen LogP contribution in [0.1, 0.15) is 35.2 Å². The van der Waals surface area contributed by atoms with E-state index < -0.39 is 0 Å². The van der Waals surface area contributed by atoms with Gasteiger partial charge in [0, 0.05) is 47.4 Å². The molecule has 6 heteroatoms. The van der Waals surface area contributed by atoms with Crippen molar-refractivity contribution in [3.8, 4) is 16.8 Å². The summed E-state index contributed by atoms with van der Waals surface area (Å²) in [6.07, 6.45) is -0.157. The Bertz CT molecular complexity index is 3210. The summed E-state index contributed by atoms with van der Waals surface area (Å²) < 4.78 is 11.4. The highest BCUT2D eigenvalue weighted by atomic mass is 32.1. The maximum atomic E-state index is 6.42. The van der Waals surface area contributed by atoms with Gasteiger partial charge in [-0.15, -0.1) is 11.3 Å². The second-order valence-electron chi connectivity index (χ2n) is 15.1. The van der Waals surface area contributed by atoms with Crippen LogP contribution in [0.15, 0.2) is 186 Å². The molecule has 8 aromatic carbocycles. The van der Waals surface area contributed by atoms with Crippen LogP contribution in [0.25, 0.3) is 80.7 Å². The van der Waals surface area contributed by atoms with Crippen molar-refractivity contribution >= 4 is 75.3 Å². The van der Waals surface area contributed by atoms with Crippen LogP contribution in [0.5, 0.6) is 0 Å². The molecule has 0 aliphatic carbocycles. The molecular weight excluding hydrogens is 717 g/mol. The Morgan fingerprint density at radius 3 is 1.63 bits per heavy atom. The van der Waals surface area contributed by atoms with E-state index in [1.807, 2.05) is 11.3 Å². The molecule has 0 bridgehead atoms. The van der Waals surface area contributed by atoms with E-state index in [9.17, 15) is 0 Å². The number of furan rings is 1. The van der Waals surface area contributed by atoms with Gasteiger partial charge in [-0.05, 0) is 88.5 Å². The van der Waals surface area contributed by atoms with E-state index in [1.54, 1.807) is 0 Å². The van der Waals surface area contributed by atoms with E-state index in [0.717, 1.165) is 27.5 Å². The summed E-state index contributed by atoms with van der Waals surface area (Å²) in [7, 11) is 0. The average Bonchev–Trinajstić information content (AvgIpc) is 3.95. The van der Waals surface area contributed by atoms with Crippen LogP contribution >= 0.6 is 11.3 Å². The molecule has 3 aromatic heterocycles. The summed E-state index contributed by atoms with van der Waals surface area (Å²) in [6.45, 7) is 0. The highest BCUT2D eigenvalue weighted by Gasteiger charge is 2.30. The minimum absolute atomic E-state index is 0.0323. The fourth-order valence-corrected chi connectivity index (χ4v) is 10.1. The second-order valence-corrected chi connectivity index (χ2v) is 16.1. The van der Waals surface area contributed by atoms with Crippen molar-refractivity contribution in [3.63, 3.8) is 0 Å². The maximum Gasteiger partial charge on any atom is 0.135 e. The predicted molar refractivity (Wildman–Crippen MR) is 237 cm³/mol. The molecule has 0 saturated carbocycles. The number of para-hydroxylation sites is 2. The Hall–Kier alpha value is -6.54. The summed E-state index contributed by atoms with van der Waals surface area (Å²) >= 11 is 1.86. The molecule has 12 rings (SSSR count). The van der Waals surface area contributed by atoms with Gasteiger partial charge in [-0.2, -0.15) is 0 Å². The Labute approximate surface area is 332 Å². The fourth-order valence-electron chi connectivity index (χ4n) is 8.95. The van der Waals surface area contributed by atoms with Crippen LogP contribution in [-0.2, 0) is 0 Å². The predicted octanol–water partition coefficient (Wildman–Crippen LogP) is 12.9. The summed E-state index contributed by atoms with van der Waals surface area (Å²) in [5.41, 5.74) is 11.3. The van der Waals surface area contributed by atoms with Crippen molar-refractivity contribution in [3.05, 3.63) is 199 Å². The quantitative estimate of drug-likeness (QED) is 0.164.